The number of carbonyl (C=O) groups is 1. The number of benzene rings is 1. The fourth-order valence-corrected chi connectivity index (χ4v) is 2.53. The lowest BCUT2D eigenvalue weighted by Gasteiger charge is -2.27. The Hall–Kier alpha value is -1.76. The van der Waals surface area contributed by atoms with E-state index in [1.165, 1.54) is 24.3 Å². The van der Waals surface area contributed by atoms with Gasteiger partial charge in [0.05, 0.1) is 0 Å². The molecule has 1 amide bonds. The van der Waals surface area contributed by atoms with E-state index < -0.39 is 6.36 Å². The van der Waals surface area contributed by atoms with Crippen LogP contribution in [0.4, 0.5) is 13.2 Å². The molecule has 1 fully saturated rings. The Morgan fingerprint density at radius 3 is 2.41 bits per heavy atom. The van der Waals surface area contributed by atoms with E-state index in [4.69, 9.17) is 0 Å². The molecule has 0 spiro atoms. The third kappa shape index (κ3) is 4.91. The number of piperidine rings is 1. The van der Waals surface area contributed by atoms with Crippen LogP contribution in [0, 0.1) is 5.92 Å². The lowest BCUT2D eigenvalue weighted by Crippen LogP contribution is -2.38. The Balaban J connectivity index is 1.90. The number of rotatable bonds is 4. The Morgan fingerprint density at radius 1 is 1.27 bits per heavy atom. The van der Waals surface area contributed by atoms with Crippen molar-refractivity contribution in [1.29, 1.82) is 0 Å². The molecule has 0 saturated carbocycles. The van der Waals surface area contributed by atoms with Gasteiger partial charge in [0.15, 0.2) is 0 Å². The molecule has 22 heavy (non-hydrogen) atoms. The first-order valence-electron chi connectivity index (χ1n) is 7.15. The van der Waals surface area contributed by atoms with Crippen molar-refractivity contribution in [1.82, 2.24) is 10.2 Å². The SMILES string of the molecule is CN(Cc1ccc(OC(F)(F)F)cc1)C(=O)C1CCNCC1. The molecule has 122 valence electrons. The zero-order chi connectivity index (χ0) is 16.2. The zero-order valence-electron chi connectivity index (χ0n) is 12.3. The van der Waals surface area contributed by atoms with Crippen LogP contribution >= 0.6 is 0 Å². The predicted molar refractivity (Wildman–Crippen MR) is 75.2 cm³/mol. The third-order valence-corrected chi connectivity index (χ3v) is 3.64. The van der Waals surface area contributed by atoms with Gasteiger partial charge in [0.25, 0.3) is 0 Å². The van der Waals surface area contributed by atoms with E-state index in [9.17, 15) is 18.0 Å². The third-order valence-electron chi connectivity index (χ3n) is 3.64. The molecule has 1 aromatic rings. The minimum atomic E-state index is -4.69. The van der Waals surface area contributed by atoms with Crippen molar-refractivity contribution in [3.63, 3.8) is 0 Å². The lowest BCUT2D eigenvalue weighted by molar-refractivity contribution is -0.274. The second-order valence-corrected chi connectivity index (χ2v) is 5.41. The monoisotopic (exact) mass is 316 g/mol. The number of halogens is 3. The molecule has 4 nitrogen and oxygen atoms in total. The van der Waals surface area contributed by atoms with E-state index in [2.05, 4.69) is 10.1 Å². The molecular formula is C15H19F3N2O2. The molecule has 0 atom stereocenters. The van der Waals surface area contributed by atoms with Crippen LogP contribution in [0.1, 0.15) is 18.4 Å². The first-order valence-corrected chi connectivity index (χ1v) is 7.15. The summed E-state index contributed by atoms with van der Waals surface area (Å²) in [6.07, 6.45) is -3.05. The Labute approximate surface area is 127 Å². The average molecular weight is 316 g/mol. The van der Waals surface area contributed by atoms with E-state index in [0.29, 0.717) is 6.54 Å². The molecule has 0 aliphatic carbocycles. The highest BCUT2D eigenvalue weighted by Crippen LogP contribution is 2.23. The quantitative estimate of drug-likeness (QED) is 0.928. The molecule has 1 heterocycles. The van der Waals surface area contributed by atoms with E-state index in [1.807, 2.05) is 0 Å². The standard InChI is InChI=1S/C15H19F3N2O2/c1-20(14(21)12-6-8-19-9-7-12)10-11-2-4-13(5-3-11)22-15(16,17)18/h2-5,12,19H,6-10H2,1H3. The molecule has 2 rings (SSSR count). The summed E-state index contributed by atoms with van der Waals surface area (Å²) in [7, 11) is 1.71. The number of hydrogen-bond acceptors (Lipinski definition) is 3. The van der Waals surface area contributed by atoms with Crippen LogP contribution in [-0.2, 0) is 11.3 Å². The van der Waals surface area contributed by atoms with Crippen molar-refractivity contribution in [2.45, 2.75) is 25.7 Å². The first kappa shape index (κ1) is 16.6. The molecule has 1 aliphatic rings. The summed E-state index contributed by atoms with van der Waals surface area (Å²) in [6.45, 7) is 2.05. The smallest absolute Gasteiger partial charge is 0.406 e. The number of amides is 1. The number of nitrogens with zero attached hydrogens (tertiary/aromatic N) is 1. The van der Waals surface area contributed by atoms with Gasteiger partial charge < -0.3 is 15.0 Å². The summed E-state index contributed by atoms with van der Waals surface area (Å²) in [5.41, 5.74) is 0.763. The maximum Gasteiger partial charge on any atom is 0.573 e. The van der Waals surface area contributed by atoms with Crippen molar-refractivity contribution in [2.75, 3.05) is 20.1 Å². The summed E-state index contributed by atoms with van der Waals surface area (Å²) in [5, 5.41) is 3.21. The zero-order valence-corrected chi connectivity index (χ0v) is 12.3. The van der Waals surface area contributed by atoms with Crippen LogP contribution in [0.3, 0.4) is 0 Å². The van der Waals surface area contributed by atoms with Gasteiger partial charge in [0.2, 0.25) is 5.91 Å². The van der Waals surface area contributed by atoms with Crippen LogP contribution < -0.4 is 10.1 Å². The molecular weight excluding hydrogens is 297 g/mol. The van der Waals surface area contributed by atoms with Crippen molar-refractivity contribution in [3.05, 3.63) is 29.8 Å². The fraction of sp³-hybridized carbons (Fsp3) is 0.533. The minimum Gasteiger partial charge on any atom is -0.406 e. The van der Waals surface area contributed by atoms with E-state index in [-0.39, 0.29) is 17.6 Å². The van der Waals surface area contributed by atoms with Gasteiger partial charge in [-0.25, -0.2) is 0 Å². The van der Waals surface area contributed by atoms with Crippen LogP contribution in [0.5, 0.6) is 5.75 Å². The molecule has 1 saturated heterocycles. The molecule has 0 unspecified atom stereocenters. The van der Waals surface area contributed by atoms with Gasteiger partial charge in [-0.15, -0.1) is 13.2 Å². The Kier molecular flexibility index (Phi) is 5.28. The van der Waals surface area contributed by atoms with Crippen molar-refractivity contribution in [2.24, 2.45) is 5.92 Å². The highest BCUT2D eigenvalue weighted by Gasteiger charge is 2.31. The summed E-state index contributed by atoms with van der Waals surface area (Å²) in [4.78, 5) is 13.9. The Morgan fingerprint density at radius 2 is 1.86 bits per heavy atom. The van der Waals surface area contributed by atoms with Crippen molar-refractivity contribution in [3.8, 4) is 5.75 Å². The largest absolute Gasteiger partial charge is 0.573 e. The minimum absolute atomic E-state index is 0.0269. The van der Waals surface area contributed by atoms with Gasteiger partial charge in [-0.3, -0.25) is 4.79 Å². The number of hydrogen-bond donors (Lipinski definition) is 1. The second-order valence-electron chi connectivity index (χ2n) is 5.41. The molecule has 1 aromatic carbocycles. The van der Waals surface area contributed by atoms with Gasteiger partial charge in [0, 0.05) is 19.5 Å². The normalized spacial score (nSPS) is 16.4. The number of nitrogens with one attached hydrogen (secondary N) is 1. The molecule has 0 bridgehead atoms. The molecule has 0 radical (unpaired) electrons. The summed E-state index contributed by atoms with van der Waals surface area (Å²) < 4.78 is 40.1. The van der Waals surface area contributed by atoms with Crippen LogP contribution in [0.25, 0.3) is 0 Å². The van der Waals surface area contributed by atoms with Crippen molar-refractivity contribution >= 4 is 5.91 Å². The number of carbonyl (C=O) groups excluding carboxylic acids is 1. The van der Waals surface area contributed by atoms with Crippen LogP contribution in [0.15, 0.2) is 24.3 Å². The van der Waals surface area contributed by atoms with Crippen molar-refractivity contribution < 1.29 is 22.7 Å². The van der Waals surface area contributed by atoms with E-state index in [0.717, 1.165) is 31.5 Å². The summed E-state index contributed by atoms with van der Waals surface area (Å²) >= 11 is 0. The maximum atomic E-state index is 12.3. The Bertz CT molecular complexity index is 497. The number of alkyl halides is 3. The van der Waals surface area contributed by atoms with E-state index >= 15 is 0 Å². The first-order chi connectivity index (χ1) is 10.3. The van der Waals surface area contributed by atoms with Gasteiger partial charge in [-0.1, -0.05) is 12.1 Å². The van der Waals surface area contributed by atoms with Gasteiger partial charge >= 0.3 is 6.36 Å². The number of ether oxygens (including phenoxy) is 1. The highest BCUT2D eigenvalue weighted by molar-refractivity contribution is 5.78. The molecule has 7 heteroatoms. The fourth-order valence-electron chi connectivity index (χ4n) is 2.53. The van der Waals surface area contributed by atoms with Gasteiger partial charge in [-0.2, -0.15) is 0 Å². The second kappa shape index (κ2) is 7.00. The average Bonchev–Trinajstić information content (AvgIpc) is 2.48. The van der Waals surface area contributed by atoms with Crippen LogP contribution in [-0.4, -0.2) is 37.3 Å². The maximum absolute atomic E-state index is 12.3. The lowest BCUT2D eigenvalue weighted by atomic mass is 9.96. The van der Waals surface area contributed by atoms with Crippen LogP contribution in [0.2, 0.25) is 0 Å². The summed E-state index contributed by atoms with van der Waals surface area (Å²) in [6, 6.07) is 5.58. The van der Waals surface area contributed by atoms with E-state index in [1.54, 1.807) is 11.9 Å². The molecule has 0 aromatic heterocycles. The highest BCUT2D eigenvalue weighted by atomic mass is 19.4. The molecule has 1 N–H and O–H groups in total. The predicted octanol–water partition coefficient (Wildman–Crippen LogP) is 2.54. The van der Waals surface area contributed by atoms with Gasteiger partial charge in [-0.05, 0) is 43.6 Å². The summed E-state index contributed by atoms with van der Waals surface area (Å²) in [5.74, 6) is -0.153. The molecule has 1 aliphatic heterocycles. The topological polar surface area (TPSA) is 41.6 Å². The van der Waals surface area contributed by atoms with Gasteiger partial charge in [0.1, 0.15) is 5.75 Å².